The molecule has 0 aromatic heterocycles. The summed E-state index contributed by atoms with van der Waals surface area (Å²) in [7, 11) is 2.34. The van der Waals surface area contributed by atoms with Crippen LogP contribution in [0.1, 0.15) is 52.4 Å². The monoisotopic (exact) mass is 918 g/mol. The average molecular weight is 919 g/mol. The van der Waals surface area contributed by atoms with Crippen LogP contribution in [-0.2, 0) is 48.3 Å². The summed E-state index contributed by atoms with van der Waals surface area (Å²) in [5.41, 5.74) is 2.78. The lowest BCUT2D eigenvalue weighted by molar-refractivity contribution is -0.178. The van der Waals surface area contributed by atoms with Crippen LogP contribution < -0.4 is 20.3 Å². The number of esters is 3. The predicted octanol–water partition coefficient (Wildman–Crippen LogP) is 5.51. The van der Waals surface area contributed by atoms with Gasteiger partial charge in [0.25, 0.3) is 0 Å². The molecule has 4 aliphatic rings. The van der Waals surface area contributed by atoms with E-state index in [0.29, 0.717) is 65.7 Å². The van der Waals surface area contributed by atoms with Crippen LogP contribution in [0.4, 0.5) is 17.1 Å². The lowest BCUT2D eigenvalue weighted by atomic mass is 9.65. The van der Waals surface area contributed by atoms with Gasteiger partial charge in [-0.05, 0) is 76.9 Å². The molecule has 4 heterocycles. The van der Waals surface area contributed by atoms with Crippen molar-refractivity contribution in [3.05, 3.63) is 155 Å². The molecule has 0 aliphatic carbocycles. The lowest BCUT2D eigenvalue weighted by Crippen LogP contribution is -2.53. The summed E-state index contributed by atoms with van der Waals surface area (Å²) in [4.78, 5) is 75.9. The number of morpholine rings is 2. The van der Waals surface area contributed by atoms with Crippen LogP contribution in [0.5, 0.6) is 5.75 Å². The maximum Gasteiger partial charge on any atom is 0.324 e. The number of hydrogen-bond donors (Lipinski definition) is 3. The standard InChI is InChI=1S/C53H50N4O11/c1-64-49(60)40(50(61)65-2)18-9-11-33-19-24-42-41(31-33)53(52(63)55-42)43(48(59)54-37-20-22-38(23-21-37)56-25-28-66-29-26-56)45-51(62)68-46(35-14-7-4-8-15-35)44(34-12-5-3-6-13-34)57(45)47(53)36-16-10-17-39(32-36)67-30-27-58/h3-8,10,12-17,19-24,31-32,40,43-47,58H,18,25-30H2,1-2H3,(H,54,59)(H,55,63)/t43-,44-,45-,46+,47+,53-/m0/s1. The number of ether oxygens (including phenoxy) is 5. The molecule has 3 N–H and O–H groups in total. The van der Waals surface area contributed by atoms with Crippen LogP contribution in [0.3, 0.4) is 0 Å². The Bertz CT molecular complexity index is 2740. The molecule has 1 spiro atoms. The summed E-state index contributed by atoms with van der Waals surface area (Å²) in [6.07, 6.45) is -1.11. The minimum absolute atomic E-state index is 0.00578. The molecule has 0 radical (unpaired) electrons. The first-order chi connectivity index (χ1) is 33.2. The van der Waals surface area contributed by atoms with Crippen LogP contribution in [0.25, 0.3) is 0 Å². The third-order valence-corrected chi connectivity index (χ3v) is 13.1. The van der Waals surface area contributed by atoms with Crippen LogP contribution >= 0.6 is 0 Å². The highest BCUT2D eigenvalue weighted by Crippen LogP contribution is 2.65. The van der Waals surface area contributed by atoms with E-state index in [1.807, 2.05) is 83.8 Å². The summed E-state index contributed by atoms with van der Waals surface area (Å²) in [6.45, 7) is 2.38. The van der Waals surface area contributed by atoms with E-state index >= 15 is 14.4 Å². The molecule has 0 bridgehead atoms. The molecule has 15 heteroatoms. The first-order valence-electron chi connectivity index (χ1n) is 22.4. The largest absolute Gasteiger partial charge is 0.491 e. The van der Waals surface area contributed by atoms with Gasteiger partial charge in [-0.15, -0.1) is 0 Å². The van der Waals surface area contributed by atoms with E-state index in [4.69, 9.17) is 23.7 Å². The summed E-state index contributed by atoms with van der Waals surface area (Å²) < 4.78 is 27.7. The minimum atomic E-state index is -1.86. The summed E-state index contributed by atoms with van der Waals surface area (Å²) in [6, 6.07) is 35.4. The summed E-state index contributed by atoms with van der Waals surface area (Å²) in [5, 5.41) is 16.0. The number of aliphatic hydroxyl groups is 1. The molecule has 4 aliphatic heterocycles. The molecule has 6 atom stereocenters. The zero-order valence-corrected chi connectivity index (χ0v) is 37.5. The van der Waals surface area contributed by atoms with Gasteiger partial charge >= 0.3 is 17.9 Å². The number of aliphatic hydroxyl groups excluding tert-OH is 1. The van der Waals surface area contributed by atoms with E-state index in [1.165, 1.54) is 14.2 Å². The SMILES string of the molecule is COC(=O)C(CC#Cc1ccc2c(c1)[C@]1(C(=O)N2)[C@H](C(=O)Nc2ccc(N3CCOCC3)cc2)[C@H]2C(=O)O[C@H](c3ccccc3)[C@H](c3ccccc3)N2[C@@H]1c1cccc(OCCO)c1)C(=O)OC. The molecule has 2 amide bonds. The van der Waals surface area contributed by atoms with Gasteiger partial charge in [0.2, 0.25) is 11.8 Å². The maximum absolute atomic E-state index is 15.7. The molecule has 68 heavy (non-hydrogen) atoms. The molecule has 0 saturated carbocycles. The Morgan fingerprint density at radius 1 is 0.824 bits per heavy atom. The number of amides is 2. The third-order valence-electron chi connectivity index (χ3n) is 13.1. The van der Waals surface area contributed by atoms with E-state index in [2.05, 4.69) is 27.4 Å². The summed E-state index contributed by atoms with van der Waals surface area (Å²) >= 11 is 0. The van der Waals surface area contributed by atoms with Crippen molar-refractivity contribution in [2.24, 2.45) is 11.8 Å². The second kappa shape index (κ2) is 19.8. The number of carbonyl (C=O) groups excluding carboxylic acids is 5. The smallest absolute Gasteiger partial charge is 0.324 e. The fraction of sp³-hybridized carbons (Fsp3) is 0.302. The molecule has 0 unspecified atom stereocenters. The number of nitrogens with zero attached hydrogens (tertiary/aromatic N) is 2. The number of cyclic esters (lactones) is 1. The fourth-order valence-electron chi connectivity index (χ4n) is 10.2. The molecule has 348 valence electrons. The Morgan fingerprint density at radius 3 is 2.18 bits per heavy atom. The van der Waals surface area contributed by atoms with Crippen molar-refractivity contribution in [3.8, 4) is 17.6 Å². The van der Waals surface area contributed by atoms with Gasteiger partial charge in [0.05, 0.1) is 52.0 Å². The van der Waals surface area contributed by atoms with Gasteiger partial charge in [0.1, 0.15) is 29.9 Å². The molecule has 5 aromatic rings. The number of anilines is 3. The number of benzene rings is 5. The Kier molecular flexibility index (Phi) is 13.3. The van der Waals surface area contributed by atoms with Crippen molar-refractivity contribution >= 4 is 46.8 Å². The Hall–Kier alpha value is -7.51. The number of nitrogens with one attached hydrogen (secondary N) is 2. The van der Waals surface area contributed by atoms with Gasteiger partial charge in [-0.2, -0.15) is 0 Å². The van der Waals surface area contributed by atoms with Crippen molar-refractivity contribution in [1.82, 2.24) is 4.90 Å². The topological polar surface area (TPSA) is 182 Å². The second-order valence-corrected chi connectivity index (χ2v) is 16.9. The van der Waals surface area contributed by atoms with Crippen LogP contribution in [0.2, 0.25) is 0 Å². The van der Waals surface area contributed by atoms with Crippen LogP contribution in [-0.4, -0.2) is 99.5 Å². The summed E-state index contributed by atoms with van der Waals surface area (Å²) in [5.74, 6) is 0.203. The van der Waals surface area contributed by atoms with Gasteiger partial charge in [0.15, 0.2) is 5.92 Å². The van der Waals surface area contributed by atoms with E-state index < -0.39 is 71.2 Å². The Morgan fingerprint density at radius 2 is 1.50 bits per heavy atom. The number of methoxy groups -OCH3 is 2. The van der Waals surface area contributed by atoms with Crippen molar-refractivity contribution in [2.45, 2.75) is 36.1 Å². The minimum Gasteiger partial charge on any atom is -0.491 e. The quantitative estimate of drug-likeness (QED) is 0.0618. The van der Waals surface area contributed by atoms with Gasteiger partial charge in [-0.3, -0.25) is 28.9 Å². The highest BCUT2D eigenvalue weighted by Gasteiger charge is 2.74. The van der Waals surface area contributed by atoms with Gasteiger partial charge in [0, 0.05) is 42.1 Å². The van der Waals surface area contributed by atoms with E-state index in [1.54, 1.807) is 48.5 Å². The van der Waals surface area contributed by atoms with Crippen LogP contribution in [0, 0.1) is 23.7 Å². The molecular formula is C53H50N4O11. The molecule has 3 saturated heterocycles. The van der Waals surface area contributed by atoms with Crippen molar-refractivity contribution in [1.29, 1.82) is 0 Å². The Labute approximate surface area is 393 Å². The van der Waals surface area contributed by atoms with Crippen molar-refractivity contribution in [2.75, 3.05) is 69.3 Å². The Balaban J connectivity index is 1.26. The fourth-order valence-corrected chi connectivity index (χ4v) is 10.2. The van der Waals surface area contributed by atoms with Crippen molar-refractivity contribution < 1.29 is 52.8 Å². The average Bonchev–Trinajstić information content (AvgIpc) is 3.86. The highest BCUT2D eigenvalue weighted by atomic mass is 16.6. The first kappa shape index (κ1) is 45.6. The van der Waals surface area contributed by atoms with Crippen LogP contribution in [0.15, 0.2) is 127 Å². The van der Waals surface area contributed by atoms with E-state index in [9.17, 15) is 14.7 Å². The third kappa shape index (κ3) is 8.42. The zero-order valence-electron chi connectivity index (χ0n) is 37.5. The molecular weight excluding hydrogens is 869 g/mol. The molecule has 5 aromatic carbocycles. The molecule has 3 fully saturated rings. The normalized spacial score (nSPS) is 22.8. The maximum atomic E-state index is 15.7. The number of rotatable bonds is 12. The van der Waals surface area contributed by atoms with Crippen molar-refractivity contribution in [3.63, 3.8) is 0 Å². The molecule has 9 rings (SSSR count). The number of hydrogen-bond acceptors (Lipinski definition) is 13. The van der Waals surface area contributed by atoms with Gasteiger partial charge in [-0.1, -0.05) is 84.6 Å². The lowest BCUT2D eigenvalue weighted by Gasteiger charge is -2.46. The molecule has 15 nitrogen and oxygen atoms in total. The van der Waals surface area contributed by atoms with Gasteiger partial charge in [-0.25, -0.2) is 0 Å². The number of carbonyl (C=O) groups is 5. The zero-order chi connectivity index (χ0) is 47.4. The highest BCUT2D eigenvalue weighted by molar-refractivity contribution is 6.13. The predicted molar refractivity (Wildman–Crippen MR) is 249 cm³/mol. The van der Waals surface area contributed by atoms with Gasteiger partial charge < -0.3 is 44.3 Å². The number of fused-ring (bicyclic) bond motifs is 3. The second-order valence-electron chi connectivity index (χ2n) is 16.9. The first-order valence-corrected chi connectivity index (χ1v) is 22.4. The van der Waals surface area contributed by atoms with E-state index in [-0.39, 0.29) is 19.6 Å². The van der Waals surface area contributed by atoms with E-state index in [0.717, 1.165) is 11.3 Å².